The van der Waals surface area contributed by atoms with Gasteiger partial charge in [-0.2, -0.15) is 5.26 Å². The van der Waals surface area contributed by atoms with Crippen LogP contribution in [-0.2, 0) is 0 Å². The number of carbonyl (C=O) groups is 2. The number of hydrogen-bond acceptors (Lipinski definition) is 5. The van der Waals surface area contributed by atoms with E-state index in [0.29, 0.717) is 22.4 Å². The number of nitrogens with one attached hydrogen (secondary N) is 2. The van der Waals surface area contributed by atoms with Crippen LogP contribution in [0.3, 0.4) is 0 Å². The zero-order chi connectivity index (χ0) is 24.2. The van der Waals surface area contributed by atoms with Gasteiger partial charge in [0.15, 0.2) is 0 Å². The molecular formula is C28H18N4O2S. The van der Waals surface area contributed by atoms with Crippen LogP contribution in [0.1, 0.15) is 37.4 Å². The van der Waals surface area contributed by atoms with Gasteiger partial charge < -0.3 is 0 Å². The molecular weight excluding hydrogens is 456 g/mol. The first-order valence-electron chi connectivity index (χ1n) is 10.8. The standard InChI is InChI=1S/C28H18N4O2S/c29-17-18-10-12-19(13-11-18)26-22-8-4-5-9-24(22)35-25-15-14-21(16-23(25)30-26)28(34)32-31-27(33)20-6-2-1-3-7-20/h1-16H,(H,31,33)(H,32,34). The maximum absolute atomic E-state index is 12.8. The largest absolute Gasteiger partial charge is 0.269 e. The van der Waals surface area contributed by atoms with Gasteiger partial charge in [0.25, 0.3) is 11.8 Å². The summed E-state index contributed by atoms with van der Waals surface area (Å²) in [5.74, 6) is -0.847. The highest BCUT2D eigenvalue weighted by Crippen LogP contribution is 2.41. The van der Waals surface area contributed by atoms with E-state index in [2.05, 4.69) is 16.9 Å². The Bertz CT molecular complexity index is 1510. The van der Waals surface area contributed by atoms with Gasteiger partial charge in [0.1, 0.15) is 0 Å². The maximum atomic E-state index is 12.8. The normalized spacial score (nSPS) is 11.7. The molecule has 2 N–H and O–H groups in total. The van der Waals surface area contributed by atoms with Gasteiger partial charge in [-0.1, -0.05) is 60.3 Å². The Kier molecular flexibility index (Phi) is 6.12. The molecule has 1 heterocycles. The molecule has 0 aromatic heterocycles. The van der Waals surface area contributed by atoms with Crippen molar-refractivity contribution in [2.75, 3.05) is 0 Å². The van der Waals surface area contributed by atoms with E-state index in [0.717, 1.165) is 26.6 Å². The third-order valence-corrected chi connectivity index (χ3v) is 6.57. The van der Waals surface area contributed by atoms with E-state index < -0.39 is 11.8 Å². The fraction of sp³-hybridized carbons (Fsp3) is 0. The number of benzene rings is 4. The van der Waals surface area contributed by atoms with Crippen LogP contribution in [0.4, 0.5) is 5.69 Å². The van der Waals surface area contributed by atoms with Crippen molar-refractivity contribution < 1.29 is 9.59 Å². The molecule has 0 spiro atoms. The average Bonchev–Trinajstić information content (AvgIpc) is 3.08. The Labute approximate surface area is 206 Å². The topological polar surface area (TPSA) is 94.3 Å². The zero-order valence-corrected chi connectivity index (χ0v) is 19.2. The highest BCUT2D eigenvalue weighted by Gasteiger charge is 2.20. The van der Waals surface area contributed by atoms with Gasteiger partial charge in [-0.05, 0) is 48.5 Å². The summed E-state index contributed by atoms with van der Waals surface area (Å²) in [6.07, 6.45) is 0. The molecule has 5 rings (SSSR count). The lowest BCUT2D eigenvalue weighted by molar-refractivity contribution is 0.0846. The first-order chi connectivity index (χ1) is 17.1. The van der Waals surface area contributed by atoms with E-state index in [1.807, 2.05) is 48.5 Å². The Morgan fingerprint density at radius 2 is 1.43 bits per heavy atom. The molecule has 0 atom stereocenters. The minimum absolute atomic E-state index is 0.367. The Hall–Kier alpha value is -4.67. The average molecular weight is 475 g/mol. The van der Waals surface area contributed by atoms with Crippen LogP contribution in [0, 0.1) is 11.3 Å². The Morgan fingerprint density at radius 1 is 0.743 bits per heavy atom. The van der Waals surface area contributed by atoms with Crippen LogP contribution in [0.15, 0.2) is 112 Å². The molecule has 6 nitrogen and oxygen atoms in total. The predicted octanol–water partition coefficient (Wildman–Crippen LogP) is 5.27. The monoisotopic (exact) mass is 474 g/mol. The van der Waals surface area contributed by atoms with Crippen molar-refractivity contribution in [3.63, 3.8) is 0 Å². The highest BCUT2D eigenvalue weighted by atomic mass is 32.2. The SMILES string of the molecule is N#Cc1ccc(C2=Nc3cc(C(=O)NNC(=O)c4ccccc4)ccc3Sc3ccccc32)cc1. The number of nitriles is 1. The van der Waals surface area contributed by atoms with Crippen molar-refractivity contribution in [2.24, 2.45) is 4.99 Å². The van der Waals surface area contributed by atoms with Gasteiger partial charge in [0.2, 0.25) is 0 Å². The van der Waals surface area contributed by atoms with Gasteiger partial charge in [-0.3, -0.25) is 20.4 Å². The van der Waals surface area contributed by atoms with Gasteiger partial charge >= 0.3 is 0 Å². The second-order valence-corrected chi connectivity index (χ2v) is 8.79. The van der Waals surface area contributed by atoms with Crippen molar-refractivity contribution in [1.29, 1.82) is 5.26 Å². The molecule has 0 aliphatic carbocycles. The summed E-state index contributed by atoms with van der Waals surface area (Å²) in [4.78, 5) is 31.9. The van der Waals surface area contributed by atoms with Crippen molar-refractivity contribution in [1.82, 2.24) is 10.9 Å². The molecule has 0 saturated heterocycles. The Balaban J connectivity index is 1.46. The smallest absolute Gasteiger partial charge is 0.267 e. The van der Waals surface area contributed by atoms with Crippen LogP contribution < -0.4 is 10.9 Å². The summed E-state index contributed by atoms with van der Waals surface area (Å²) in [6.45, 7) is 0. The number of amides is 2. The van der Waals surface area contributed by atoms with Crippen molar-refractivity contribution in [3.05, 3.63) is 125 Å². The first-order valence-corrected chi connectivity index (χ1v) is 11.6. The molecule has 4 aromatic rings. The number of fused-ring (bicyclic) bond motifs is 2. The van der Waals surface area contributed by atoms with E-state index in [1.54, 1.807) is 60.3 Å². The van der Waals surface area contributed by atoms with Crippen LogP contribution in [0.25, 0.3) is 0 Å². The fourth-order valence-corrected chi connectivity index (χ4v) is 4.66. The summed E-state index contributed by atoms with van der Waals surface area (Å²) in [5, 5.41) is 9.15. The van der Waals surface area contributed by atoms with Gasteiger partial charge in [0, 0.05) is 32.0 Å². The third-order valence-electron chi connectivity index (χ3n) is 5.43. The van der Waals surface area contributed by atoms with Crippen LogP contribution in [0.2, 0.25) is 0 Å². The lowest BCUT2D eigenvalue weighted by Gasteiger charge is -2.09. The summed E-state index contributed by atoms with van der Waals surface area (Å²) in [5.41, 5.74) is 9.54. The summed E-state index contributed by atoms with van der Waals surface area (Å²) < 4.78 is 0. The predicted molar refractivity (Wildman–Crippen MR) is 135 cm³/mol. The highest BCUT2D eigenvalue weighted by molar-refractivity contribution is 7.99. The molecule has 0 bridgehead atoms. The third kappa shape index (κ3) is 4.69. The molecule has 0 radical (unpaired) electrons. The lowest BCUT2D eigenvalue weighted by atomic mass is 10.0. The fourth-order valence-electron chi connectivity index (χ4n) is 3.65. The maximum Gasteiger partial charge on any atom is 0.269 e. The molecule has 4 aromatic carbocycles. The minimum atomic E-state index is -0.445. The van der Waals surface area contributed by atoms with E-state index >= 15 is 0 Å². The quantitative estimate of drug-likeness (QED) is 0.349. The van der Waals surface area contributed by atoms with Crippen molar-refractivity contribution in [2.45, 2.75) is 9.79 Å². The summed E-state index contributed by atoms with van der Waals surface area (Å²) >= 11 is 1.58. The number of hydrazine groups is 1. The molecule has 1 aliphatic rings. The van der Waals surface area contributed by atoms with Crippen LogP contribution in [0.5, 0.6) is 0 Å². The molecule has 7 heteroatoms. The van der Waals surface area contributed by atoms with E-state index in [-0.39, 0.29) is 0 Å². The van der Waals surface area contributed by atoms with Gasteiger partial charge in [0.05, 0.1) is 23.0 Å². The van der Waals surface area contributed by atoms with Gasteiger partial charge in [-0.15, -0.1) is 0 Å². The molecule has 2 amide bonds. The molecule has 35 heavy (non-hydrogen) atoms. The van der Waals surface area contributed by atoms with Crippen LogP contribution >= 0.6 is 11.8 Å². The minimum Gasteiger partial charge on any atom is -0.267 e. The molecule has 0 fully saturated rings. The molecule has 1 aliphatic heterocycles. The lowest BCUT2D eigenvalue weighted by Crippen LogP contribution is -2.41. The second kappa shape index (κ2) is 9.67. The first kappa shape index (κ1) is 22.1. The number of rotatable bonds is 3. The van der Waals surface area contributed by atoms with E-state index in [4.69, 9.17) is 10.3 Å². The number of nitrogens with zero attached hydrogens (tertiary/aromatic N) is 2. The number of aliphatic imine (C=N–C) groups is 1. The summed E-state index contributed by atoms with van der Waals surface area (Å²) in [7, 11) is 0. The zero-order valence-electron chi connectivity index (χ0n) is 18.4. The van der Waals surface area contributed by atoms with Crippen LogP contribution in [-0.4, -0.2) is 17.5 Å². The molecule has 0 unspecified atom stereocenters. The molecule has 168 valence electrons. The van der Waals surface area contributed by atoms with E-state index in [9.17, 15) is 9.59 Å². The summed E-state index contributed by atoms with van der Waals surface area (Å²) in [6, 6.07) is 31.3. The molecule has 0 saturated carbocycles. The number of hydrogen-bond donors (Lipinski definition) is 2. The van der Waals surface area contributed by atoms with Gasteiger partial charge in [-0.25, -0.2) is 4.99 Å². The van der Waals surface area contributed by atoms with Crippen molar-refractivity contribution >= 4 is 35.0 Å². The number of carbonyl (C=O) groups excluding carboxylic acids is 2. The Morgan fingerprint density at radius 3 is 2.17 bits per heavy atom. The van der Waals surface area contributed by atoms with E-state index in [1.165, 1.54) is 0 Å². The second-order valence-electron chi connectivity index (χ2n) is 7.70. The van der Waals surface area contributed by atoms with Crippen molar-refractivity contribution in [3.8, 4) is 6.07 Å².